The molecule has 0 spiro atoms. The van der Waals surface area contributed by atoms with Crippen LogP contribution in [0.3, 0.4) is 0 Å². The number of carbonyl (C=O) groups excluding carboxylic acids is 1. The van der Waals surface area contributed by atoms with Crippen LogP contribution in [0.4, 0.5) is 0 Å². The lowest BCUT2D eigenvalue weighted by molar-refractivity contribution is -0.152. The summed E-state index contributed by atoms with van der Waals surface area (Å²) < 4.78 is 5.41. The van der Waals surface area contributed by atoms with E-state index in [2.05, 4.69) is 13.8 Å². The van der Waals surface area contributed by atoms with Crippen LogP contribution < -0.4 is 4.74 Å². The molecule has 23 heavy (non-hydrogen) atoms. The van der Waals surface area contributed by atoms with E-state index in [4.69, 9.17) is 9.84 Å². The molecular formula is C18H22O5. The van der Waals surface area contributed by atoms with Crippen molar-refractivity contribution in [2.75, 3.05) is 6.61 Å². The second kappa shape index (κ2) is 5.25. The van der Waals surface area contributed by atoms with Crippen LogP contribution >= 0.6 is 0 Å². The number of phenolic OH excluding ortho intramolecular Hbond substituents is 1. The smallest absolute Gasteiger partial charge is 0.341 e. The van der Waals surface area contributed by atoms with Crippen molar-refractivity contribution in [1.82, 2.24) is 0 Å². The van der Waals surface area contributed by atoms with Crippen molar-refractivity contribution >= 4 is 11.8 Å². The van der Waals surface area contributed by atoms with Crippen molar-refractivity contribution in [3.05, 3.63) is 23.3 Å². The number of aliphatic carboxylic acids is 1. The molecule has 3 aliphatic rings. The van der Waals surface area contributed by atoms with Gasteiger partial charge >= 0.3 is 5.97 Å². The highest BCUT2D eigenvalue weighted by Gasteiger charge is 2.59. The zero-order valence-electron chi connectivity index (χ0n) is 13.6. The molecule has 3 saturated carbocycles. The third-order valence-corrected chi connectivity index (χ3v) is 5.63. The van der Waals surface area contributed by atoms with Gasteiger partial charge in [-0.1, -0.05) is 13.8 Å². The van der Waals surface area contributed by atoms with E-state index in [0.717, 1.165) is 12.0 Å². The van der Waals surface area contributed by atoms with Crippen molar-refractivity contribution in [1.29, 1.82) is 0 Å². The Morgan fingerprint density at radius 2 is 2.09 bits per heavy atom. The average molecular weight is 318 g/mol. The molecule has 3 atom stereocenters. The number of ketones is 1. The average Bonchev–Trinajstić information content (AvgIpc) is 2.43. The number of hydrogen-bond acceptors (Lipinski definition) is 4. The number of fused-ring (bicyclic) bond motifs is 2. The number of carboxylic acids is 1. The van der Waals surface area contributed by atoms with Crippen molar-refractivity contribution in [2.24, 2.45) is 17.3 Å². The number of aryl methyl sites for hydroxylation is 1. The number of hydrogen-bond donors (Lipinski definition) is 2. The number of aromatic hydroxyl groups is 1. The van der Waals surface area contributed by atoms with Gasteiger partial charge < -0.3 is 14.9 Å². The maximum Gasteiger partial charge on any atom is 0.341 e. The van der Waals surface area contributed by atoms with E-state index in [9.17, 15) is 14.7 Å². The largest absolute Gasteiger partial charge is 0.508 e. The molecule has 3 aliphatic carbocycles. The quantitative estimate of drug-likeness (QED) is 0.892. The van der Waals surface area contributed by atoms with Crippen molar-refractivity contribution < 1.29 is 24.5 Å². The Kier molecular flexibility index (Phi) is 3.62. The van der Waals surface area contributed by atoms with Gasteiger partial charge in [0.1, 0.15) is 17.3 Å². The molecule has 5 nitrogen and oxygen atoms in total. The predicted octanol–water partition coefficient (Wildman–Crippen LogP) is 2.88. The summed E-state index contributed by atoms with van der Waals surface area (Å²) in [5.41, 5.74) is 1.29. The lowest BCUT2D eigenvalue weighted by Gasteiger charge is -2.59. The number of phenols is 1. The summed E-state index contributed by atoms with van der Waals surface area (Å²) in [5, 5.41) is 19.3. The molecule has 0 radical (unpaired) electrons. The molecule has 0 unspecified atom stereocenters. The molecule has 0 aliphatic heterocycles. The fourth-order valence-electron chi connectivity index (χ4n) is 4.37. The van der Waals surface area contributed by atoms with Gasteiger partial charge in [-0.2, -0.15) is 0 Å². The van der Waals surface area contributed by atoms with Gasteiger partial charge in [-0.3, -0.25) is 4.79 Å². The topological polar surface area (TPSA) is 83.8 Å². The molecule has 1 aromatic carbocycles. The second-order valence-electron chi connectivity index (χ2n) is 7.37. The zero-order valence-corrected chi connectivity index (χ0v) is 13.6. The fraction of sp³-hybridized carbons (Fsp3) is 0.556. The molecule has 4 rings (SSSR count). The van der Waals surface area contributed by atoms with Crippen LogP contribution in [0.15, 0.2) is 12.1 Å². The maximum atomic E-state index is 12.4. The van der Waals surface area contributed by atoms with Gasteiger partial charge in [0.25, 0.3) is 0 Å². The van der Waals surface area contributed by atoms with Crippen LogP contribution in [0.25, 0.3) is 0 Å². The molecule has 124 valence electrons. The molecule has 5 heteroatoms. The first kappa shape index (κ1) is 15.8. The Labute approximate surface area is 135 Å². The minimum absolute atomic E-state index is 0.0820. The van der Waals surface area contributed by atoms with Crippen LogP contribution in [-0.4, -0.2) is 28.6 Å². The molecule has 0 aromatic heterocycles. The lowest BCUT2D eigenvalue weighted by Crippen LogP contribution is -2.56. The first-order valence-corrected chi connectivity index (χ1v) is 7.92. The number of benzene rings is 1. The van der Waals surface area contributed by atoms with Gasteiger partial charge in [0.2, 0.25) is 0 Å². The monoisotopic (exact) mass is 318 g/mol. The number of Topliss-reactive ketones (excluding diaryl/α,β-unsaturated/α-hetero) is 1. The van der Waals surface area contributed by atoms with Gasteiger partial charge in [0.15, 0.2) is 6.61 Å². The number of ether oxygens (including phenoxy) is 1. The van der Waals surface area contributed by atoms with Crippen molar-refractivity contribution in [3.63, 3.8) is 0 Å². The predicted molar refractivity (Wildman–Crippen MR) is 83.7 cm³/mol. The van der Waals surface area contributed by atoms with E-state index >= 15 is 0 Å². The van der Waals surface area contributed by atoms with Crippen molar-refractivity contribution in [3.8, 4) is 11.5 Å². The number of rotatable bonds is 4. The summed E-state index contributed by atoms with van der Waals surface area (Å²) in [6.07, 6.45) is 1.22. The minimum Gasteiger partial charge on any atom is -0.508 e. The summed E-state index contributed by atoms with van der Waals surface area (Å²) in [6, 6.07) is 3.38. The minimum atomic E-state index is -1.07. The molecule has 2 bridgehead atoms. The van der Waals surface area contributed by atoms with E-state index in [-0.39, 0.29) is 28.8 Å². The molecule has 3 fully saturated rings. The normalized spacial score (nSPS) is 28.1. The third-order valence-electron chi connectivity index (χ3n) is 5.63. The Morgan fingerprint density at radius 1 is 1.39 bits per heavy atom. The van der Waals surface area contributed by atoms with Crippen molar-refractivity contribution in [2.45, 2.75) is 39.5 Å². The highest BCUT2D eigenvalue weighted by Crippen LogP contribution is 2.64. The Balaban J connectivity index is 2.01. The van der Waals surface area contributed by atoms with Gasteiger partial charge in [-0.25, -0.2) is 4.79 Å². The Hall–Kier alpha value is -2.04. The van der Waals surface area contributed by atoms with E-state index in [0.29, 0.717) is 23.7 Å². The number of carboxylic acid groups (broad SMARTS) is 1. The highest BCUT2D eigenvalue weighted by atomic mass is 16.5. The number of carbonyl (C=O) groups is 2. The SMILES string of the molecule is Cc1cc(O)c([C@H]2CC(=O)[C@@H]3C[C@H]2C3(C)C)c(OCC(=O)O)c1. The van der Waals surface area contributed by atoms with Gasteiger partial charge in [0, 0.05) is 23.8 Å². The Morgan fingerprint density at radius 3 is 2.65 bits per heavy atom. The third kappa shape index (κ3) is 2.48. The molecule has 0 saturated heterocycles. The Bertz CT molecular complexity index is 676. The van der Waals surface area contributed by atoms with E-state index < -0.39 is 12.6 Å². The van der Waals surface area contributed by atoms with Crippen LogP contribution in [0, 0.1) is 24.2 Å². The van der Waals surface area contributed by atoms with E-state index in [1.165, 1.54) is 0 Å². The highest BCUT2D eigenvalue weighted by molar-refractivity contribution is 5.86. The summed E-state index contributed by atoms with van der Waals surface area (Å²) in [5.74, 6) is -0.0850. The first-order valence-electron chi connectivity index (χ1n) is 7.92. The van der Waals surface area contributed by atoms with E-state index in [1.807, 2.05) is 6.92 Å². The van der Waals surface area contributed by atoms with Crippen LogP contribution in [0.1, 0.15) is 43.7 Å². The molecule has 2 N–H and O–H groups in total. The van der Waals surface area contributed by atoms with Crippen LogP contribution in [-0.2, 0) is 9.59 Å². The van der Waals surface area contributed by atoms with Gasteiger partial charge in [0.05, 0.1) is 0 Å². The van der Waals surface area contributed by atoms with Gasteiger partial charge in [-0.05, 0) is 42.4 Å². The first-order chi connectivity index (χ1) is 10.7. The second-order valence-corrected chi connectivity index (χ2v) is 7.37. The van der Waals surface area contributed by atoms with Crippen LogP contribution in [0.5, 0.6) is 11.5 Å². The summed E-state index contributed by atoms with van der Waals surface area (Å²) in [4.78, 5) is 23.2. The standard InChI is InChI=1S/C18H22O5/c1-9-4-14(20)17(15(5-9)23-8-16(21)22)10-6-13(19)12-7-11(10)18(12,2)3/h4-5,10-12,20H,6-8H2,1-3H3,(H,21,22)/t10-,11+,12-/m0/s1. The molecular weight excluding hydrogens is 296 g/mol. The van der Waals surface area contributed by atoms with E-state index in [1.54, 1.807) is 12.1 Å². The molecule has 0 heterocycles. The maximum absolute atomic E-state index is 12.4. The van der Waals surface area contributed by atoms with Gasteiger partial charge in [-0.15, -0.1) is 0 Å². The summed E-state index contributed by atoms with van der Waals surface area (Å²) in [6.45, 7) is 5.54. The zero-order chi connectivity index (χ0) is 16.9. The molecule has 0 amide bonds. The summed E-state index contributed by atoms with van der Waals surface area (Å²) in [7, 11) is 0. The van der Waals surface area contributed by atoms with Crippen LogP contribution in [0.2, 0.25) is 0 Å². The molecule has 1 aromatic rings. The fourth-order valence-corrected chi connectivity index (χ4v) is 4.37. The summed E-state index contributed by atoms with van der Waals surface area (Å²) >= 11 is 0. The lowest BCUT2D eigenvalue weighted by atomic mass is 9.44.